The Morgan fingerprint density at radius 3 is 2.60 bits per heavy atom. The number of carboxylic acids is 1. The van der Waals surface area contributed by atoms with Crippen LogP contribution in [0.5, 0.6) is 11.6 Å². The quantitative estimate of drug-likeness (QED) is 0.672. The molecule has 0 radical (unpaired) electrons. The first-order chi connectivity index (χ1) is 9.47. The number of aromatic nitrogens is 2. The van der Waals surface area contributed by atoms with Gasteiger partial charge in [-0.1, -0.05) is 0 Å². The number of hydrogen-bond donors (Lipinski definition) is 1. The predicted molar refractivity (Wildman–Crippen MR) is 62.1 cm³/mol. The lowest BCUT2D eigenvalue weighted by molar-refractivity contribution is -0.385. The second-order valence-corrected chi connectivity index (χ2v) is 3.52. The number of hydrogen-bond acceptors (Lipinski definition) is 6. The van der Waals surface area contributed by atoms with Crippen LogP contribution in [0.15, 0.2) is 30.6 Å². The summed E-state index contributed by atoms with van der Waals surface area (Å²) in [5.41, 5.74) is -0.705. The number of nitrogens with zero attached hydrogens (tertiary/aromatic N) is 3. The van der Waals surface area contributed by atoms with Crippen molar-refractivity contribution in [2.24, 2.45) is 0 Å². The topological polar surface area (TPSA) is 115 Å². The van der Waals surface area contributed by atoms with Crippen LogP contribution in [0, 0.1) is 15.9 Å². The van der Waals surface area contributed by atoms with Gasteiger partial charge in [-0.15, -0.1) is 0 Å². The summed E-state index contributed by atoms with van der Waals surface area (Å²) in [6.07, 6.45) is 1.95. The second kappa shape index (κ2) is 5.26. The summed E-state index contributed by atoms with van der Waals surface area (Å²) >= 11 is 0. The maximum absolute atomic E-state index is 13.5. The van der Waals surface area contributed by atoms with Gasteiger partial charge in [0, 0.05) is 6.07 Å². The molecule has 0 bridgehead atoms. The molecule has 20 heavy (non-hydrogen) atoms. The molecule has 9 heteroatoms. The molecule has 0 aliphatic heterocycles. The molecule has 0 aliphatic rings. The highest BCUT2D eigenvalue weighted by Crippen LogP contribution is 2.26. The molecule has 0 atom stereocenters. The maximum atomic E-state index is 13.5. The number of carboxylic acid groups (broad SMARTS) is 1. The highest BCUT2D eigenvalue weighted by molar-refractivity contribution is 5.84. The highest BCUT2D eigenvalue weighted by Gasteiger charge is 2.13. The monoisotopic (exact) mass is 279 g/mol. The largest absolute Gasteiger partial charge is 0.476 e. The molecule has 0 saturated carbocycles. The fourth-order valence-electron chi connectivity index (χ4n) is 1.28. The van der Waals surface area contributed by atoms with Crippen LogP contribution in [0.4, 0.5) is 10.1 Å². The zero-order valence-corrected chi connectivity index (χ0v) is 9.69. The molecule has 1 heterocycles. The molecule has 2 aromatic rings. The molecule has 2 rings (SSSR count). The third-order valence-corrected chi connectivity index (χ3v) is 2.19. The highest BCUT2D eigenvalue weighted by atomic mass is 19.1. The molecule has 0 amide bonds. The van der Waals surface area contributed by atoms with Crippen molar-refractivity contribution in [1.29, 1.82) is 0 Å². The molecule has 1 N–H and O–H groups in total. The molecular formula is C11H6FN3O5. The van der Waals surface area contributed by atoms with Gasteiger partial charge in [-0.3, -0.25) is 10.1 Å². The first-order valence-corrected chi connectivity index (χ1v) is 5.14. The first kappa shape index (κ1) is 13.3. The number of nitro groups is 1. The number of rotatable bonds is 4. The van der Waals surface area contributed by atoms with E-state index in [1.807, 2.05) is 0 Å². The Labute approximate surface area is 110 Å². The van der Waals surface area contributed by atoms with Crippen LogP contribution in [0.2, 0.25) is 0 Å². The number of benzene rings is 1. The summed E-state index contributed by atoms with van der Waals surface area (Å²) in [6.45, 7) is 0. The van der Waals surface area contributed by atoms with E-state index in [1.54, 1.807) is 0 Å². The van der Waals surface area contributed by atoms with Crippen molar-refractivity contribution < 1.29 is 24.0 Å². The van der Waals surface area contributed by atoms with E-state index in [0.29, 0.717) is 6.07 Å². The lowest BCUT2D eigenvalue weighted by Gasteiger charge is -2.05. The molecule has 0 spiro atoms. The SMILES string of the molecule is O=C(O)c1cnc(Oc2ccc([N+](=O)[O-])cc2F)cn1. The van der Waals surface area contributed by atoms with Crippen LogP contribution >= 0.6 is 0 Å². The minimum atomic E-state index is -1.26. The van der Waals surface area contributed by atoms with Gasteiger partial charge in [0.2, 0.25) is 5.88 Å². The van der Waals surface area contributed by atoms with E-state index >= 15 is 0 Å². The molecule has 0 aliphatic carbocycles. The molecular weight excluding hydrogens is 273 g/mol. The number of halogens is 1. The smallest absolute Gasteiger partial charge is 0.356 e. The van der Waals surface area contributed by atoms with Crippen molar-refractivity contribution in [2.75, 3.05) is 0 Å². The minimum absolute atomic E-state index is 0.136. The van der Waals surface area contributed by atoms with Gasteiger partial charge in [0.1, 0.15) is 0 Å². The van der Waals surface area contributed by atoms with E-state index in [-0.39, 0.29) is 17.3 Å². The maximum Gasteiger partial charge on any atom is 0.356 e. The first-order valence-electron chi connectivity index (χ1n) is 5.14. The van der Waals surface area contributed by atoms with Crippen molar-refractivity contribution >= 4 is 11.7 Å². The second-order valence-electron chi connectivity index (χ2n) is 3.52. The molecule has 0 fully saturated rings. The van der Waals surface area contributed by atoms with E-state index in [1.165, 1.54) is 0 Å². The zero-order valence-electron chi connectivity index (χ0n) is 9.69. The van der Waals surface area contributed by atoms with Crippen molar-refractivity contribution in [3.05, 3.63) is 52.2 Å². The average Bonchev–Trinajstić information content (AvgIpc) is 2.41. The zero-order chi connectivity index (χ0) is 14.7. The molecule has 0 saturated heterocycles. The van der Waals surface area contributed by atoms with Gasteiger partial charge in [-0.25, -0.2) is 19.2 Å². The van der Waals surface area contributed by atoms with E-state index in [4.69, 9.17) is 9.84 Å². The molecule has 0 unspecified atom stereocenters. The number of aromatic carboxylic acids is 1. The fourth-order valence-corrected chi connectivity index (χ4v) is 1.28. The van der Waals surface area contributed by atoms with Gasteiger partial charge in [-0.2, -0.15) is 0 Å². The Balaban J connectivity index is 2.21. The molecule has 102 valence electrons. The molecule has 8 nitrogen and oxygen atoms in total. The third kappa shape index (κ3) is 2.83. The lowest BCUT2D eigenvalue weighted by Crippen LogP contribution is -2.01. The Morgan fingerprint density at radius 2 is 2.10 bits per heavy atom. The third-order valence-electron chi connectivity index (χ3n) is 2.19. The van der Waals surface area contributed by atoms with E-state index in [0.717, 1.165) is 24.5 Å². The van der Waals surface area contributed by atoms with Crippen LogP contribution < -0.4 is 4.74 Å². The fraction of sp³-hybridized carbons (Fsp3) is 0. The van der Waals surface area contributed by atoms with E-state index in [2.05, 4.69) is 9.97 Å². The van der Waals surface area contributed by atoms with Crippen LogP contribution in [-0.2, 0) is 0 Å². The summed E-state index contributed by atoms with van der Waals surface area (Å²) < 4.78 is 18.5. The van der Waals surface area contributed by atoms with Crippen LogP contribution in [-0.4, -0.2) is 26.0 Å². The normalized spacial score (nSPS) is 10.1. The predicted octanol–water partition coefficient (Wildman–Crippen LogP) is 2.01. The Morgan fingerprint density at radius 1 is 1.35 bits per heavy atom. The van der Waals surface area contributed by atoms with Crippen molar-refractivity contribution in [3.63, 3.8) is 0 Å². The molecule has 1 aromatic heterocycles. The summed E-state index contributed by atoms with van der Waals surface area (Å²) in [7, 11) is 0. The summed E-state index contributed by atoms with van der Waals surface area (Å²) in [5.74, 6) is -2.62. The Kier molecular flexibility index (Phi) is 3.51. The minimum Gasteiger partial charge on any atom is -0.476 e. The van der Waals surface area contributed by atoms with Gasteiger partial charge in [0.15, 0.2) is 17.3 Å². The summed E-state index contributed by atoms with van der Waals surface area (Å²) in [6, 6.07) is 2.84. The number of nitro benzene ring substituents is 1. The van der Waals surface area contributed by atoms with Crippen molar-refractivity contribution in [2.45, 2.75) is 0 Å². The van der Waals surface area contributed by atoms with Crippen molar-refractivity contribution in [3.8, 4) is 11.6 Å². The van der Waals surface area contributed by atoms with E-state index in [9.17, 15) is 19.3 Å². The molecule has 1 aromatic carbocycles. The summed E-state index contributed by atoms with van der Waals surface area (Å²) in [5, 5.41) is 19.1. The van der Waals surface area contributed by atoms with Crippen LogP contribution in [0.25, 0.3) is 0 Å². The van der Waals surface area contributed by atoms with Gasteiger partial charge in [-0.05, 0) is 6.07 Å². The average molecular weight is 279 g/mol. The lowest BCUT2D eigenvalue weighted by atomic mass is 10.3. The van der Waals surface area contributed by atoms with Gasteiger partial charge < -0.3 is 9.84 Å². The van der Waals surface area contributed by atoms with Crippen LogP contribution in [0.3, 0.4) is 0 Å². The Hall–Kier alpha value is -3.10. The Bertz CT molecular complexity index is 674. The van der Waals surface area contributed by atoms with Crippen molar-refractivity contribution in [1.82, 2.24) is 9.97 Å². The van der Waals surface area contributed by atoms with Gasteiger partial charge >= 0.3 is 5.97 Å². The van der Waals surface area contributed by atoms with Gasteiger partial charge in [0.25, 0.3) is 5.69 Å². The standard InChI is InChI=1S/C11H6FN3O5/c12-7-3-6(15(18)19)1-2-9(7)20-10-5-13-8(4-14-10)11(16)17/h1-5H,(H,16,17). The van der Waals surface area contributed by atoms with Crippen LogP contribution in [0.1, 0.15) is 10.5 Å². The number of ether oxygens (including phenoxy) is 1. The van der Waals surface area contributed by atoms with E-state index < -0.39 is 22.4 Å². The number of carbonyl (C=O) groups is 1. The van der Waals surface area contributed by atoms with Gasteiger partial charge in [0.05, 0.1) is 23.4 Å². The summed E-state index contributed by atoms with van der Waals surface area (Å²) in [4.78, 5) is 27.4. The number of non-ortho nitro benzene ring substituents is 1.